The number of hydrogen-bond acceptors (Lipinski definition) is 3. The van der Waals surface area contributed by atoms with E-state index in [1.807, 2.05) is 17.6 Å². The Balaban J connectivity index is 2.14. The molecule has 0 aliphatic carbocycles. The van der Waals surface area contributed by atoms with Gasteiger partial charge >= 0.3 is 0 Å². The second-order valence-electron chi connectivity index (χ2n) is 4.27. The van der Waals surface area contributed by atoms with Gasteiger partial charge in [-0.05, 0) is 29.9 Å². The van der Waals surface area contributed by atoms with Crippen molar-refractivity contribution in [3.63, 3.8) is 0 Å². The zero-order valence-corrected chi connectivity index (χ0v) is 11.7. The molecular formula is C14H18N2OS. The molecule has 0 N–H and O–H groups in total. The van der Waals surface area contributed by atoms with Crippen molar-refractivity contribution in [2.24, 2.45) is 0 Å². The van der Waals surface area contributed by atoms with Crippen molar-refractivity contribution in [2.45, 2.75) is 39.7 Å². The van der Waals surface area contributed by atoms with Crippen molar-refractivity contribution in [3.05, 3.63) is 40.1 Å². The van der Waals surface area contributed by atoms with Crippen LogP contribution in [0.3, 0.4) is 0 Å². The van der Waals surface area contributed by atoms with Gasteiger partial charge in [-0.15, -0.1) is 11.3 Å². The molecule has 0 amide bonds. The summed E-state index contributed by atoms with van der Waals surface area (Å²) in [6.45, 7) is 5.13. The van der Waals surface area contributed by atoms with Crippen LogP contribution in [0.4, 0.5) is 0 Å². The van der Waals surface area contributed by atoms with E-state index >= 15 is 0 Å². The van der Waals surface area contributed by atoms with Gasteiger partial charge in [-0.1, -0.05) is 13.8 Å². The monoisotopic (exact) mass is 262 g/mol. The Morgan fingerprint density at radius 1 is 1.44 bits per heavy atom. The van der Waals surface area contributed by atoms with E-state index < -0.39 is 0 Å². The average molecular weight is 262 g/mol. The first-order valence-electron chi connectivity index (χ1n) is 6.35. The highest BCUT2D eigenvalue weighted by Crippen LogP contribution is 2.19. The maximum atomic E-state index is 12.3. The number of ketones is 1. The molecule has 18 heavy (non-hydrogen) atoms. The third kappa shape index (κ3) is 2.70. The number of carbonyl (C=O) groups is 1. The van der Waals surface area contributed by atoms with Crippen LogP contribution in [-0.2, 0) is 19.4 Å². The van der Waals surface area contributed by atoms with Crippen LogP contribution in [-0.4, -0.2) is 15.3 Å². The highest BCUT2D eigenvalue weighted by Gasteiger charge is 2.15. The summed E-state index contributed by atoms with van der Waals surface area (Å²) in [5.74, 6) is 1.06. The first kappa shape index (κ1) is 13.0. The Morgan fingerprint density at radius 2 is 2.28 bits per heavy atom. The Labute approximate surface area is 111 Å². The number of imidazole rings is 1. The third-order valence-electron chi connectivity index (χ3n) is 2.97. The van der Waals surface area contributed by atoms with Gasteiger partial charge in [0.05, 0.1) is 11.3 Å². The molecule has 3 nitrogen and oxygen atoms in total. The lowest BCUT2D eigenvalue weighted by molar-refractivity contribution is 0.0993. The lowest BCUT2D eigenvalue weighted by atomic mass is 10.1. The van der Waals surface area contributed by atoms with Crippen LogP contribution in [0.25, 0.3) is 0 Å². The standard InChI is InChI=1S/C14H18N2OS/c1-3-7-16-8-6-15-13(16)10-12(17)14-11(4-2)5-9-18-14/h5-6,8-9H,3-4,7,10H2,1-2H3. The van der Waals surface area contributed by atoms with E-state index in [1.165, 1.54) is 11.3 Å². The van der Waals surface area contributed by atoms with Gasteiger partial charge < -0.3 is 4.57 Å². The SMILES string of the molecule is CCCn1ccnc1CC(=O)c1sccc1CC. The van der Waals surface area contributed by atoms with Gasteiger partial charge in [-0.25, -0.2) is 4.98 Å². The normalized spacial score (nSPS) is 10.8. The summed E-state index contributed by atoms with van der Waals surface area (Å²) in [4.78, 5) is 17.4. The van der Waals surface area contributed by atoms with Crippen LogP contribution >= 0.6 is 11.3 Å². The fourth-order valence-electron chi connectivity index (χ4n) is 2.03. The van der Waals surface area contributed by atoms with Gasteiger partial charge in [-0.3, -0.25) is 4.79 Å². The summed E-state index contributed by atoms with van der Waals surface area (Å²) in [6.07, 6.45) is 6.08. The molecule has 0 atom stereocenters. The predicted molar refractivity (Wildman–Crippen MR) is 74.2 cm³/mol. The van der Waals surface area contributed by atoms with Gasteiger partial charge in [0.1, 0.15) is 5.82 Å². The van der Waals surface area contributed by atoms with Crippen molar-refractivity contribution in [2.75, 3.05) is 0 Å². The van der Waals surface area contributed by atoms with Crippen LogP contribution in [0, 0.1) is 0 Å². The first-order valence-corrected chi connectivity index (χ1v) is 7.23. The van der Waals surface area contributed by atoms with E-state index in [1.54, 1.807) is 6.20 Å². The van der Waals surface area contributed by atoms with E-state index in [4.69, 9.17) is 0 Å². The Morgan fingerprint density at radius 3 is 3.00 bits per heavy atom. The Bertz CT molecular complexity index is 527. The van der Waals surface area contributed by atoms with Crippen LogP contribution < -0.4 is 0 Å². The zero-order chi connectivity index (χ0) is 13.0. The maximum Gasteiger partial charge on any atom is 0.180 e. The van der Waals surface area contributed by atoms with E-state index in [2.05, 4.69) is 23.4 Å². The van der Waals surface area contributed by atoms with Crippen molar-refractivity contribution in [1.29, 1.82) is 0 Å². The zero-order valence-electron chi connectivity index (χ0n) is 10.8. The molecule has 0 saturated carbocycles. The van der Waals surface area contributed by atoms with Crippen molar-refractivity contribution in [1.82, 2.24) is 9.55 Å². The van der Waals surface area contributed by atoms with Crippen LogP contribution in [0.15, 0.2) is 23.8 Å². The summed E-state index contributed by atoms with van der Waals surface area (Å²) in [5, 5.41) is 1.99. The van der Waals surface area contributed by atoms with Crippen LogP contribution in [0.2, 0.25) is 0 Å². The second kappa shape index (κ2) is 5.96. The summed E-state index contributed by atoms with van der Waals surface area (Å²) in [7, 11) is 0. The average Bonchev–Trinajstić information content (AvgIpc) is 2.98. The number of carbonyl (C=O) groups excluding carboxylic acids is 1. The van der Waals surface area contributed by atoms with Gasteiger partial charge in [0, 0.05) is 18.9 Å². The number of nitrogens with zero attached hydrogens (tertiary/aromatic N) is 2. The molecule has 4 heteroatoms. The molecule has 0 aromatic carbocycles. The number of rotatable bonds is 6. The third-order valence-corrected chi connectivity index (χ3v) is 3.96. The van der Waals surface area contributed by atoms with Gasteiger partial charge in [-0.2, -0.15) is 0 Å². The van der Waals surface area contributed by atoms with Crippen molar-refractivity contribution in [3.8, 4) is 0 Å². The smallest absolute Gasteiger partial charge is 0.180 e. The fraction of sp³-hybridized carbons (Fsp3) is 0.429. The Kier molecular flexibility index (Phi) is 4.31. The lowest BCUT2D eigenvalue weighted by Crippen LogP contribution is -2.10. The Hall–Kier alpha value is -1.42. The molecule has 0 unspecified atom stereocenters. The lowest BCUT2D eigenvalue weighted by Gasteiger charge is -2.05. The van der Waals surface area contributed by atoms with Gasteiger partial charge in [0.2, 0.25) is 0 Å². The van der Waals surface area contributed by atoms with Crippen LogP contribution in [0.5, 0.6) is 0 Å². The molecule has 0 fully saturated rings. The number of Topliss-reactive ketones (excluding diaryl/α,β-unsaturated/α-hetero) is 1. The molecule has 2 rings (SSSR count). The number of thiophene rings is 1. The molecule has 0 aliphatic heterocycles. The molecular weight excluding hydrogens is 244 g/mol. The van der Waals surface area contributed by atoms with E-state index in [9.17, 15) is 4.79 Å². The molecule has 0 aliphatic rings. The van der Waals surface area contributed by atoms with Crippen molar-refractivity contribution >= 4 is 17.1 Å². The predicted octanol–water partition coefficient (Wildman–Crippen LogP) is 3.34. The largest absolute Gasteiger partial charge is 0.335 e. The first-order chi connectivity index (χ1) is 8.76. The molecule has 96 valence electrons. The number of hydrogen-bond donors (Lipinski definition) is 0. The molecule has 2 heterocycles. The van der Waals surface area contributed by atoms with Gasteiger partial charge in [0.15, 0.2) is 5.78 Å². The minimum atomic E-state index is 0.186. The fourth-order valence-corrected chi connectivity index (χ4v) is 2.97. The molecule has 0 bridgehead atoms. The highest BCUT2D eigenvalue weighted by molar-refractivity contribution is 7.12. The summed E-state index contributed by atoms with van der Waals surface area (Å²) in [6, 6.07) is 2.04. The maximum absolute atomic E-state index is 12.3. The van der Waals surface area contributed by atoms with E-state index in [0.717, 1.165) is 35.7 Å². The molecule has 2 aromatic rings. The quantitative estimate of drug-likeness (QED) is 0.748. The minimum absolute atomic E-state index is 0.186. The molecule has 0 spiro atoms. The summed E-state index contributed by atoms with van der Waals surface area (Å²) in [5.41, 5.74) is 1.15. The molecule has 2 aromatic heterocycles. The van der Waals surface area contributed by atoms with Crippen LogP contribution in [0.1, 0.15) is 41.3 Å². The summed E-state index contributed by atoms with van der Waals surface area (Å²) < 4.78 is 2.07. The van der Waals surface area contributed by atoms with E-state index in [0.29, 0.717) is 6.42 Å². The topological polar surface area (TPSA) is 34.9 Å². The summed E-state index contributed by atoms with van der Waals surface area (Å²) >= 11 is 1.54. The molecule has 0 radical (unpaired) electrons. The van der Waals surface area contributed by atoms with Crippen molar-refractivity contribution < 1.29 is 4.79 Å². The second-order valence-corrected chi connectivity index (χ2v) is 5.18. The van der Waals surface area contributed by atoms with E-state index in [-0.39, 0.29) is 5.78 Å². The van der Waals surface area contributed by atoms with Gasteiger partial charge in [0.25, 0.3) is 0 Å². The number of aromatic nitrogens is 2. The molecule has 0 saturated heterocycles. The highest BCUT2D eigenvalue weighted by atomic mass is 32.1. The number of aryl methyl sites for hydroxylation is 2. The minimum Gasteiger partial charge on any atom is -0.335 e.